The molecule has 2 aliphatic heterocycles. The smallest absolute Gasteiger partial charge is 0.417 e. The van der Waals surface area contributed by atoms with Gasteiger partial charge < -0.3 is 10.1 Å². The van der Waals surface area contributed by atoms with Crippen LogP contribution >= 0.6 is 11.6 Å². The topological polar surface area (TPSA) is 21.3 Å². The van der Waals surface area contributed by atoms with E-state index < -0.39 is 11.7 Å². The third kappa shape index (κ3) is 1.86. The third-order valence-electron chi connectivity index (χ3n) is 3.42. The Morgan fingerprint density at radius 2 is 2.11 bits per heavy atom. The molecular weight excluding hydrogens is 267 g/mol. The molecule has 1 aromatic rings. The van der Waals surface area contributed by atoms with Crippen LogP contribution in [0.1, 0.15) is 30.0 Å². The lowest BCUT2D eigenvalue weighted by Gasteiger charge is -2.25. The number of rotatable bonds is 0. The molecule has 2 atom stereocenters. The molecule has 0 amide bonds. The van der Waals surface area contributed by atoms with Gasteiger partial charge >= 0.3 is 6.18 Å². The second-order valence-corrected chi connectivity index (χ2v) is 5.01. The Balaban J connectivity index is 2.04. The molecule has 2 heterocycles. The number of alkyl halides is 3. The van der Waals surface area contributed by atoms with E-state index in [1.165, 1.54) is 6.07 Å². The van der Waals surface area contributed by atoms with Crippen molar-refractivity contribution in [1.29, 1.82) is 0 Å². The maximum absolute atomic E-state index is 12.7. The highest BCUT2D eigenvalue weighted by Gasteiger charge is 2.40. The number of ether oxygens (including phenoxy) is 1. The van der Waals surface area contributed by atoms with E-state index in [1.807, 2.05) is 0 Å². The van der Waals surface area contributed by atoms with Crippen molar-refractivity contribution in [2.45, 2.75) is 31.2 Å². The number of benzene rings is 1. The van der Waals surface area contributed by atoms with Gasteiger partial charge in [0.15, 0.2) is 0 Å². The van der Waals surface area contributed by atoms with Crippen LogP contribution in [-0.4, -0.2) is 12.6 Å². The Bertz CT molecular complexity index is 489. The van der Waals surface area contributed by atoms with Crippen molar-refractivity contribution in [3.8, 4) is 5.75 Å². The molecule has 0 radical (unpaired) electrons. The summed E-state index contributed by atoms with van der Waals surface area (Å²) in [7, 11) is 0. The van der Waals surface area contributed by atoms with Crippen molar-refractivity contribution < 1.29 is 17.9 Å². The zero-order chi connectivity index (χ0) is 12.9. The van der Waals surface area contributed by atoms with Crippen LogP contribution < -0.4 is 10.1 Å². The van der Waals surface area contributed by atoms with Crippen molar-refractivity contribution in [3.63, 3.8) is 0 Å². The fourth-order valence-electron chi connectivity index (χ4n) is 2.59. The molecule has 3 rings (SSSR count). The number of hydrogen-bond acceptors (Lipinski definition) is 2. The van der Waals surface area contributed by atoms with E-state index >= 15 is 0 Å². The van der Waals surface area contributed by atoms with E-state index in [0.29, 0.717) is 5.75 Å². The van der Waals surface area contributed by atoms with E-state index in [0.717, 1.165) is 31.0 Å². The van der Waals surface area contributed by atoms with Gasteiger partial charge in [-0.1, -0.05) is 11.6 Å². The maximum atomic E-state index is 12.7. The van der Waals surface area contributed by atoms with Gasteiger partial charge in [0.05, 0.1) is 16.6 Å². The van der Waals surface area contributed by atoms with E-state index in [4.69, 9.17) is 16.3 Å². The van der Waals surface area contributed by atoms with Gasteiger partial charge in [0.2, 0.25) is 0 Å². The highest BCUT2D eigenvalue weighted by molar-refractivity contribution is 6.31. The quantitative estimate of drug-likeness (QED) is 0.783. The van der Waals surface area contributed by atoms with Crippen LogP contribution in [0.25, 0.3) is 0 Å². The summed E-state index contributed by atoms with van der Waals surface area (Å²) < 4.78 is 43.8. The number of halogens is 4. The third-order valence-corrected chi connectivity index (χ3v) is 3.73. The summed E-state index contributed by atoms with van der Waals surface area (Å²) in [5.41, 5.74) is -0.0979. The van der Waals surface area contributed by atoms with E-state index in [-0.39, 0.29) is 17.2 Å². The summed E-state index contributed by atoms with van der Waals surface area (Å²) in [4.78, 5) is 0. The minimum absolute atomic E-state index is 0.0338. The normalized spacial score (nSPS) is 26.4. The molecule has 0 saturated carbocycles. The lowest BCUT2D eigenvalue weighted by molar-refractivity contribution is -0.137. The lowest BCUT2D eigenvalue weighted by atomic mass is 9.96. The first-order chi connectivity index (χ1) is 8.47. The van der Waals surface area contributed by atoms with Crippen LogP contribution in [0.3, 0.4) is 0 Å². The Morgan fingerprint density at radius 1 is 1.33 bits per heavy atom. The summed E-state index contributed by atoms with van der Waals surface area (Å²) in [5.74, 6) is 0.302. The summed E-state index contributed by atoms with van der Waals surface area (Å²) in [6.45, 7) is 0.850. The minimum Gasteiger partial charge on any atom is -0.488 e. The molecule has 0 unspecified atom stereocenters. The van der Waals surface area contributed by atoms with Gasteiger partial charge in [-0.3, -0.25) is 0 Å². The predicted octanol–water partition coefficient (Wildman–Crippen LogP) is 3.54. The first kappa shape index (κ1) is 12.1. The van der Waals surface area contributed by atoms with Gasteiger partial charge in [0.25, 0.3) is 0 Å². The van der Waals surface area contributed by atoms with Crippen molar-refractivity contribution >= 4 is 11.6 Å². The lowest BCUT2D eigenvalue weighted by Crippen LogP contribution is -2.36. The second-order valence-electron chi connectivity index (χ2n) is 4.60. The SMILES string of the molecule is FC(F)(F)c1cc2c(cc1Cl)[C@@H]1NCCC[C@@H]1O2. The van der Waals surface area contributed by atoms with Crippen LogP contribution in [0.4, 0.5) is 13.2 Å². The van der Waals surface area contributed by atoms with E-state index in [2.05, 4.69) is 5.32 Å². The molecule has 2 nitrogen and oxygen atoms in total. The van der Waals surface area contributed by atoms with Gasteiger partial charge in [-0.2, -0.15) is 13.2 Å². The first-order valence-electron chi connectivity index (χ1n) is 5.77. The molecule has 6 heteroatoms. The summed E-state index contributed by atoms with van der Waals surface area (Å²) in [5, 5.41) is 2.99. The fourth-order valence-corrected chi connectivity index (χ4v) is 2.87. The molecule has 0 aromatic heterocycles. The maximum Gasteiger partial charge on any atom is 0.417 e. The summed E-state index contributed by atoms with van der Waals surface area (Å²) >= 11 is 5.72. The second kappa shape index (κ2) is 4.03. The van der Waals surface area contributed by atoms with Gasteiger partial charge in [0, 0.05) is 5.56 Å². The number of fused-ring (bicyclic) bond motifs is 3. The zero-order valence-electron chi connectivity index (χ0n) is 9.35. The zero-order valence-corrected chi connectivity index (χ0v) is 10.1. The summed E-state index contributed by atoms with van der Waals surface area (Å²) in [6.07, 6.45) is -2.70. The molecular formula is C12H11ClF3NO. The molecule has 1 aromatic carbocycles. The summed E-state index contributed by atoms with van der Waals surface area (Å²) in [6, 6.07) is 2.36. The molecule has 98 valence electrons. The number of hydrogen-bond donors (Lipinski definition) is 1. The van der Waals surface area contributed by atoms with Crippen LogP contribution in [0.5, 0.6) is 5.75 Å². The van der Waals surface area contributed by atoms with Crippen LogP contribution in [-0.2, 0) is 6.18 Å². The molecule has 0 aliphatic carbocycles. The Kier molecular flexibility index (Phi) is 2.71. The van der Waals surface area contributed by atoms with Crippen molar-refractivity contribution in [2.75, 3.05) is 6.54 Å². The Morgan fingerprint density at radius 3 is 2.83 bits per heavy atom. The monoisotopic (exact) mass is 277 g/mol. The van der Waals surface area contributed by atoms with Crippen molar-refractivity contribution in [1.82, 2.24) is 5.32 Å². The predicted molar refractivity (Wildman–Crippen MR) is 60.8 cm³/mol. The fraction of sp³-hybridized carbons (Fsp3) is 0.500. The molecule has 0 spiro atoms. The largest absolute Gasteiger partial charge is 0.488 e. The van der Waals surface area contributed by atoms with Crippen LogP contribution in [0, 0.1) is 0 Å². The number of piperidine rings is 1. The van der Waals surface area contributed by atoms with Crippen LogP contribution in [0.15, 0.2) is 12.1 Å². The minimum atomic E-state index is -4.45. The molecule has 2 aliphatic rings. The Labute approximate surface area is 107 Å². The molecule has 0 bridgehead atoms. The van der Waals surface area contributed by atoms with Crippen molar-refractivity contribution in [3.05, 3.63) is 28.3 Å². The van der Waals surface area contributed by atoms with Crippen molar-refractivity contribution in [2.24, 2.45) is 0 Å². The van der Waals surface area contributed by atoms with E-state index in [1.54, 1.807) is 0 Å². The molecule has 18 heavy (non-hydrogen) atoms. The van der Waals surface area contributed by atoms with Gasteiger partial charge in [-0.05, 0) is 31.5 Å². The van der Waals surface area contributed by atoms with Crippen LogP contribution in [0.2, 0.25) is 5.02 Å². The highest BCUT2D eigenvalue weighted by atomic mass is 35.5. The molecule has 1 N–H and O–H groups in total. The average Bonchev–Trinajstić information content (AvgIpc) is 2.65. The standard InChI is InChI=1S/C12H11ClF3NO/c13-8-4-6-10(5-7(8)12(14,15)16)18-9-2-1-3-17-11(6)9/h4-5,9,11,17H,1-3H2/t9-,11-/m0/s1. The number of nitrogens with one attached hydrogen (secondary N) is 1. The average molecular weight is 278 g/mol. The Hall–Kier alpha value is -0.940. The first-order valence-corrected chi connectivity index (χ1v) is 6.15. The van der Waals surface area contributed by atoms with Gasteiger partial charge in [-0.15, -0.1) is 0 Å². The highest BCUT2D eigenvalue weighted by Crippen LogP contribution is 2.45. The van der Waals surface area contributed by atoms with E-state index in [9.17, 15) is 13.2 Å². The van der Waals surface area contributed by atoms with Gasteiger partial charge in [-0.25, -0.2) is 0 Å². The molecule has 1 saturated heterocycles. The molecule has 1 fully saturated rings. The van der Waals surface area contributed by atoms with Gasteiger partial charge in [0.1, 0.15) is 11.9 Å².